The minimum atomic E-state index is -1.05. The third-order valence-electron chi connectivity index (χ3n) is 10.0. The second kappa shape index (κ2) is 17.3. The number of anilines is 1. The number of para-hydroxylation sites is 1. The summed E-state index contributed by atoms with van der Waals surface area (Å²) >= 11 is 0. The Morgan fingerprint density at radius 2 is 1.55 bits per heavy atom. The number of carboxylic acid groups (broad SMARTS) is 1. The van der Waals surface area contributed by atoms with Crippen LogP contribution in [0.3, 0.4) is 0 Å². The van der Waals surface area contributed by atoms with Crippen LogP contribution in [0, 0.1) is 5.92 Å². The molecule has 270 valence electrons. The molecule has 0 radical (unpaired) electrons. The Morgan fingerprint density at radius 1 is 0.902 bits per heavy atom. The molecule has 3 heterocycles. The molecule has 3 aliphatic rings. The molecule has 0 spiro atoms. The van der Waals surface area contributed by atoms with Gasteiger partial charge in [0.25, 0.3) is 5.91 Å². The maximum absolute atomic E-state index is 13.7. The Hall–Kier alpha value is -5.03. The average Bonchev–Trinajstić information content (AvgIpc) is 3.37. The molecule has 3 aromatic rings. The van der Waals surface area contributed by atoms with Crippen LogP contribution in [0.15, 0.2) is 84.9 Å². The van der Waals surface area contributed by atoms with Crippen LogP contribution in [0.1, 0.15) is 67.4 Å². The SMILES string of the molecule is CC1(C)C(=O)N(C2CCN(C(=O)C(CCc3ccccc3)NC(=O)C3CCCNC3)CC2)c2ccccc21.O=C(O)CNC(=O)c1ccccc1. The van der Waals surface area contributed by atoms with Crippen LogP contribution in [0.2, 0.25) is 0 Å². The summed E-state index contributed by atoms with van der Waals surface area (Å²) in [4.78, 5) is 65.4. The molecule has 3 aliphatic heterocycles. The Kier molecular flexibility index (Phi) is 12.6. The van der Waals surface area contributed by atoms with Crippen molar-refractivity contribution in [1.82, 2.24) is 20.9 Å². The number of hydrogen-bond donors (Lipinski definition) is 4. The number of amides is 4. The third-order valence-corrected chi connectivity index (χ3v) is 10.0. The molecule has 2 atom stereocenters. The lowest BCUT2D eigenvalue weighted by atomic mass is 9.86. The summed E-state index contributed by atoms with van der Waals surface area (Å²) in [6.45, 7) is 6.41. The molecular weight excluding hydrogens is 646 g/mol. The largest absolute Gasteiger partial charge is 0.480 e. The highest BCUT2D eigenvalue weighted by molar-refractivity contribution is 6.08. The van der Waals surface area contributed by atoms with E-state index in [4.69, 9.17) is 5.11 Å². The number of carbonyl (C=O) groups excluding carboxylic acids is 4. The molecule has 3 aromatic carbocycles. The highest BCUT2D eigenvalue weighted by Crippen LogP contribution is 2.43. The number of hydrogen-bond acceptors (Lipinski definition) is 6. The maximum Gasteiger partial charge on any atom is 0.322 e. The van der Waals surface area contributed by atoms with Crippen molar-refractivity contribution >= 4 is 35.3 Å². The lowest BCUT2D eigenvalue weighted by Gasteiger charge is -2.39. The van der Waals surface area contributed by atoms with E-state index in [9.17, 15) is 24.0 Å². The molecule has 2 saturated heterocycles. The van der Waals surface area contributed by atoms with Gasteiger partial charge in [-0.25, -0.2) is 0 Å². The van der Waals surface area contributed by atoms with Crippen molar-refractivity contribution in [3.63, 3.8) is 0 Å². The molecule has 0 bridgehead atoms. The van der Waals surface area contributed by atoms with Crippen molar-refractivity contribution in [2.45, 2.75) is 69.9 Å². The fourth-order valence-electron chi connectivity index (χ4n) is 7.09. The van der Waals surface area contributed by atoms with Gasteiger partial charge in [0, 0.05) is 36.9 Å². The molecule has 11 heteroatoms. The number of likely N-dealkylation sites (tertiary alicyclic amines) is 1. The van der Waals surface area contributed by atoms with Gasteiger partial charge in [-0.2, -0.15) is 0 Å². The zero-order chi connectivity index (χ0) is 36.4. The first kappa shape index (κ1) is 37.2. The number of benzene rings is 3. The Balaban J connectivity index is 0.000000328. The van der Waals surface area contributed by atoms with Crippen molar-refractivity contribution < 1.29 is 29.1 Å². The molecule has 11 nitrogen and oxygen atoms in total. The Bertz CT molecular complexity index is 1670. The Morgan fingerprint density at radius 3 is 2.20 bits per heavy atom. The first-order valence-electron chi connectivity index (χ1n) is 17.9. The number of carbonyl (C=O) groups is 5. The zero-order valence-electron chi connectivity index (χ0n) is 29.5. The first-order chi connectivity index (χ1) is 24.6. The second-order valence-corrected chi connectivity index (χ2v) is 13.9. The van der Waals surface area contributed by atoms with Gasteiger partial charge in [-0.05, 0) is 88.2 Å². The van der Waals surface area contributed by atoms with Gasteiger partial charge in [0.1, 0.15) is 12.6 Å². The number of aliphatic carboxylic acids is 1. The van der Waals surface area contributed by atoms with E-state index in [1.165, 1.54) is 0 Å². The van der Waals surface area contributed by atoms with Crippen LogP contribution >= 0.6 is 0 Å². The summed E-state index contributed by atoms with van der Waals surface area (Å²) in [5.74, 6) is -1.42. The molecule has 4 N–H and O–H groups in total. The Labute approximate surface area is 299 Å². The number of piperidine rings is 2. The van der Waals surface area contributed by atoms with Crippen LogP contribution in [0.5, 0.6) is 0 Å². The minimum Gasteiger partial charge on any atom is -0.480 e. The van der Waals surface area contributed by atoms with E-state index >= 15 is 0 Å². The van der Waals surface area contributed by atoms with Crippen LogP contribution in [0.25, 0.3) is 0 Å². The maximum atomic E-state index is 13.7. The van der Waals surface area contributed by atoms with E-state index in [1.54, 1.807) is 30.3 Å². The van der Waals surface area contributed by atoms with Crippen LogP contribution < -0.4 is 20.9 Å². The topological polar surface area (TPSA) is 148 Å². The molecule has 51 heavy (non-hydrogen) atoms. The highest BCUT2D eigenvalue weighted by Gasteiger charge is 2.47. The molecule has 0 aromatic heterocycles. The summed E-state index contributed by atoms with van der Waals surface area (Å²) in [5, 5.41) is 17.0. The van der Waals surface area contributed by atoms with Crippen LogP contribution in [-0.4, -0.2) is 84.4 Å². The normalized spacial score (nSPS) is 18.9. The van der Waals surface area contributed by atoms with E-state index in [-0.39, 0.29) is 42.1 Å². The van der Waals surface area contributed by atoms with E-state index in [1.807, 2.05) is 66.1 Å². The van der Waals surface area contributed by atoms with E-state index in [0.29, 0.717) is 31.6 Å². The third kappa shape index (κ3) is 9.40. The second-order valence-electron chi connectivity index (χ2n) is 13.9. The molecule has 6 rings (SSSR count). The number of nitrogens with zero attached hydrogens (tertiary/aromatic N) is 2. The van der Waals surface area contributed by atoms with Crippen LogP contribution in [-0.2, 0) is 31.0 Å². The average molecular weight is 696 g/mol. The molecule has 0 saturated carbocycles. The number of carboxylic acids is 1. The lowest BCUT2D eigenvalue weighted by Crippen LogP contribution is -2.55. The first-order valence-corrected chi connectivity index (χ1v) is 17.9. The lowest BCUT2D eigenvalue weighted by molar-refractivity contribution is -0.138. The predicted octanol–water partition coefficient (Wildman–Crippen LogP) is 3.92. The summed E-state index contributed by atoms with van der Waals surface area (Å²) in [6.07, 6.45) is 4.59. The zero-order valence-corrected chi connectivity index (χ0v) is 29.5. The van der Waals surface area contributed by atoms with Crippen LogP contribution in [0.4, 0.5) is 5.69 Å². The van der Waals surface area contributed by atoms with Gasteiger partial charge in [0.2, 0.25) is 17.7 Å². The van der Waals surface area contributed by atoms with Gasteiger partial charge in [0.05, 0.1) is 11.3 Å². The minimum absolute atomic E-state index is 0.00928. The standard InChI is InChI=1S/C31H40N4O3.C9H9NO3/c1-31(2)25-12-6-7-13-27(25)35(30(31)38)24-16-19-34(20-17-24)29(37)26(15-14-22-9-4-3-5-10-22)33-28(36)23-11-8-18-32-21-23;11-8(12)6-10-9(13)7-4-2-1-3-5-7/h3-7,9-10,12-13,23-24,26,32H,8,11,14-21H2,1-2H3,(H,33,36);1-5H,6H2,(H,10,13)(H,11,12). The van der Waals surface area contributed by atoms with Crippen molar-refractivity contribution in [2.24, 2.45) is 5.92 Å². The molecule has 0 aliphatic carbocycles. The number of rotatable bonds is 10. The fraction of sp³-hybridized carbons (Fsp3) is 0.425. The van der Waals surface area contributed by atoms with Gasteiger partial charge in [-0.1, -0.05) is 66.7 Å². The van der Waals surface area contributed by atoms with Gasteiger partial charge >= 0.3 is 5.97 Å². The smallest absolute Gasteiger partial charge is 0.322 e. The monoisotopic (exact) mass is 695 g/mol. The molecule has 2 unspecified atom stereocenters. The summed E-state index contributed by atoms with van der Waals surface area (Å²) in [5.41, 5.74) is 3.16. The highest BCUT2D eigenvalue weighted by atomic mass is 16.4. The molecule has 2 fully saturated rings. The predicted molar refractivity (Wildman–Crippen MR) is 195 cm³/mol. The quantitative estimate of drug-likeness (QED) is 0.251. The van der Waals surface area contributed by atoms with Gasteiger partial charge in [-0.3, -0.25) is 24.0 Å². The fourth-order valence-corrected chi connectivity index (χ4v) is 7.09. The molecule has 4 amide bonds. The van der Waals surface area contributed by atoms with Crippen molar-refractivity contribution in [3.8, 4) is 0 Å². The summed E-state index contributed by atoms with van der Waals surface area (Å²) in [7, 11) is 0. The van der Waals surface area contributed by atoms with E-state index in [0.717, 1.165) is 55.5 Å². The summed E-state index contributed by atoms with van der Waals surface area (Å²) < 4.78 is 0. The number of nitrogens with one attached hydrogen (secondary N) is 3. The van der Waals surface area contributed by atoms with Crippen molar-refractivity contribution in [1.29, 1.82) is 0 Å². The number of aryl methyl sites for hydroxylation is 1. The number of fused-ring (bicyclic) bond motifs is 1. The van der Waals surface area contributed by atoms with Gasteiger partial charge in [-0.15, -0.1) is 0 Å². The van der Waals surface area contributed by atoms with Gasteiger partial charge in [0.15, 0.2) is 0 Å². The molecular formula is C40H49N5O6. The van der Waals surface area contributed by atoms with Crippen molar-refractivity contribution in [2.75, 3.05) is 37.6 Å². The van der Waals surface area contributed by atoms with E-state index < -0.39 is 17.4 Å². The van der Waals surface area contributed by atoms with Crippen molar-refractivity contribution in [3.05, 3.63) is 102 Å². The summed E-state index contributed by atoms with van der Waals surface area (Å²) in [6, 6.07) is 26.2. The van der Waals surface area contributed by atoms with E-state index in [2.05, 4.69) is 28.1 Å². The van der Waals surface area contributed by atoms with Gasteiger partial charge < -0.3 is 30.9 Å².